The van der Waals surface area contributed by atoms with E-state index in [1.54, 1.807) is 18.3 Å². The number of aromatic hydroxyl groups is 1. The fourth-order valence-electron chi connectivity index (χ4n) is 3.82. The zero-order valence-electron chi connectivity index (χ0n) is 18.7. The van der Waals surface area contributed by atoms with Crippen LogP contribution in [0.15, 0.2) is 52.1 Å². The van der Waals surface area contributed by atoms with E-state index in [9.17, 15) is 5.11 Å². The van der Waals surface area contributed by atoms with Crippen LogP contribution in [0.4, 0.5) is 23.1 Å². The van der Waals surface area contributed by atoms with Crippen LogP contribution < -0.4 is 21.3 Å². The number of rotatable bonds is 6. The number of halogens is 2. The molecule has 2 heterocycles. The van der Waals surface area contributed by atoms with E-state index in [1.807, 2.05) is 25.1 Å². The number of piperazine rings is 1. The number of aromatic nitrogens is 2. The Morgan fingerprint density at radius 1 is 1.06 bits per heavy atom. The minimum Gasteiger partial charge on any atom is -0.507 e. The van der Waals surface area contributed by atoms with Crippen molar-refractivity contribution in [3.8, 4) is 5.75 Å². The third-order valence-electron chi connectivity index (χ3n) is 5.47. The SMILES string of the molecule is Cc1nc(N)nc(N)c1N1CCN(c2ccc(C=NOCc3ccc(Br)c(O)c3)cc2)CC1.Cl. The first kappa shape index (κ1) is 25.4. The average Bonchev–Trinajstić information content (AvgIpc) is 2.79. The molecule has 0 saturated carbocycles. The number of phenolic OH excluding ortho intramolecular Hbond substituents is 1. The highest BCUT2D eigenvalue weighted by Gasteiger charge is 2.22. The molecule has 2 aromatic carbocycles. The summed E-state index contributed by atoms with van der Waals surface area (Å²) in [7, 11) is 0. The average molecular weight is 549 g/mol. The molecular weight excluding hydrogens is 522 g/mol. The Hall–Kier alpha value is -3.24. The molecule has 1 aliphatic heterocycles. The highest BCUT2D eigenvalue weighted by Crippen LogP contribution is 2.28. The smallest absolute Gasteiger partial charge is 0.222 e. The molecule has 0 unspecified atom stereocenters. The van der Waals surface area contributed by atoms with Gasteiger partial charge in [-0.05, 0) is 58.2 Å². The number of hydrogen-bond acceptors (Lipinski definition) is 9. The van der Waals surface area contributed by atoms with Gasteiger partial charge in [0.05, 0.1) is 16.4 Å². The summed E-state index contributed by atoms with van der Waals surface area (Å²) >= 11 is 3.26. The van der Waals surface area contributed by atoms with Crippen LogP contribution in [-0.4, -0.2) is 47.5 Å². The lowest BCUT2D eigenvalue weighted by atomic mass is 10.2. The van der Waals surface area contributed by atoms with Crippen molar-refractivity contribution in [3.05, 3.63) is 63.8 Å². The summed E-state index contributed by atoms with van der Waals surface area (Å²) < 4.78 is 0.648. The Morgan fingerprint density at radius 3 is 2.38 bits per heavy atom. The molecule has 0 atom stereocenters. The molecule has 1 aliphatic rings. The van der Waals surface area contributed by atoms with E-state index in [2.05, 4.69) is 53.0 Å². The minimum absolute atomic E-state index is 0. The molecular formula is C23H27BrClN7O2. The first-order valence-corrected chi connectivity index (χ1v) is 11.3. The van der Waals surface area contributed by atoms with Gasteiger partial charge in [0, 0.05) is 31.9 Å². The van der Waals surface area contributed by atoms with Gasteiger partial charge in [-0.3, -0.25) is 0 Å². The number of aryl methyl sites for hydroxylation is 1. The lowest BCUT2D eigenvalue weighted by Crippen LogP contribution is -2.47. The number of oxime groups is 1. The Bertz CT molecular complexity index is 1130. The lowest BCUT2D eigenvalue weighted by Gasteiger charge is -2.38. The van der Waals surface area contributed by atoms with Crippen molar-refractivity contribution in [2.45, 2.75) is 13.5 Å². The molecule has 1 saturated heterocycles. The molecule has 180 valence electrons. The lowest BCUT2D eigenvalue weighted by molar-refractivity contribution is 0.132. The molecule has 0 aliphatic carbocycles. The summed E-state index contributed by atoms with van der Waals surface area (Å²) in [6.45, 7) is 5.55. The number of phenols is 1. The van der Waals surface area contributed by atoms with Crippen molar-refractivity contribution in [1.29, 1.82) is 0 Å². The van der Waals surface area contributed by atoms with Crippen LogP contribution in [-0.2, 0) is 11.4 Å². The molecule has 1 aromatic heterocycles. The van der Waals surface area contributed by atoms with Gasteiger partial charge < -0.3 is 31.2 Å². The summed E-state index contributed by atoms with van der Waals surface area (Å²) in [4.78, 5) is 18.2. The van der Waals surface area contributed by atoms with E-state index in [0.717, 1.165) is 54.4 Å². The van der Waals surface area contributed by atoms with Crippen molar-refractivity contribution in [3.63, 3.8) is 0 Å². The van der Waals surface area contributed by atoms with E-state index >= 15 is 0 Å². The molecule has 0 spiro atoms. The largest absolute Gasteiger partial charge is 0.507 e. The molecule has 1 fully saturated rings. The second-order valence-corrected chi connectivity index (χ2v) is 8.61. The first-order valence-electron chi connectivity index (χ1n) is 10.5. The summed E-state index contributed by atoms with van der Waals surface area (Å²) in [5.74, 6) is 0.808. The number of nitrogens with zero attached hydrogens (tertiary/aromatic N) is 5. The Kier molecular flexibility index (Phi) is 8.41. The van der Waals surface area contributed by atoms with Gasteiger partial charge in [0.25, 0.3) is 0 Å². The first-order chi connectivity index (χ1) is 15.9. The maximum atomic E-state index is 9.71. The second kappa shape index (κ2) is 11.3. The molecule has 0 radical (unpaired) electrons. The quantitative estimate of drug-likeness (QED) is 0.314. The van der Waals surface area contributed by atoms with E-state index in [-0.39, 0.29) is 30.7 Å². The monoisotopic (exact) mass is 547 g/mol. The van der Waals surface area contributed by atoms with Gasteiger partial charge in [0.1, 0.15) is 18.0 Å². The second-order valence-electron chi connectivity index (χ2n) is 7.76. The molecule has 3 aromatic rings. The molecule has 0 bridgehead atoms. The number of nitrogen functional groups attached to an aromatic ring is 2. The van der Waals surface area contributed by atoms with Crippen LogP contribution in [0.1, 0.15) is 16.8 Å². The topological polar surface area (TPSA) is 126 Å². The van der Waals surface area contributed by atoms with Crippen molar-refractivity contribution < 1.29 is 9.94 Å². The van der Waals surface area contributed by atoms with Crippen molar-refractivity contribution >= 4 is 57.7 Å². The zero-order valence-corrected chi connectivity index (χ0v) is 21.1. The Balaban J connectivity index is 0.00000324. The van der Waals surface area contributed by atoms with E-state index < -0.39 is 0 Å². The maximum Gasteiger partial charge on any atom is 0.222 e. The van der Waals surface area contributed by atoms with Crippen LogP contribution in [0.3, 0.4) is 0 Å². The van der Waals surface area contributed by atoms with E-state index in [0.29, 0.717) is 10.3 Å². The van der Waals surface area contributed by atoms with Gasteiger partial charge in [-0.15, -0.1) is 12.4 Å². The molecule has 4 rings (SSSR count). The minimum atomic E-state index is 0. The zero-order chi connectivity index (χ0) is 23.4. The van der Waals surface area contributed by atoms with Crippen molar-refractivity contribution in [1.82, 2.24) is 9.97 Å². The molecule has 34 heavy (non-hydrogen) atoms. The Morgan fingerprint density at radius 2 is 1.74 bits per heavy atom. The van der Waals surface area contributed by atoms with Gasteiger partial charge in [-0.1, -0.05) is 23.4 Å². The number of hydrogen-bond donors (Lipinski definition) is 3. The number of anilines is 4. The van der Waals surface area contributed by atoms with Gasteiger partial charge in [0.2, 0.25) is 5.95 Å². The standard InChI is InChI=1S/C23H26BrN7O2.ClH/c1-15-21(22(25)29-23(26)28-15)31-10-8-30(9-11-31)18-5-2-16(3-6-18)13-27-33-14-17-4-7-19(24)20(32)12-17;/h2-7,12-13,32H,8-11,14H2,1H3,(H4,25,26,28,29);1H. The van der Waals surface area contributed by atoms with Gasteiger partial charge in [0.15, 0.2) is 5.82 Å². The van der Waals surface area contributed by atoms with Gasteiger partial charge in [-0.2, -0.15) is 4.98 Å². The fourth-order valence-corrected chi connectivity index (χ4v) is 4.07. The maximum absolute atomic E-state index is 9.71. The predicted octanol–water partition coefficient (Wildman–Crippen LogP) is 3.72. The third-order valence-corrected chi connectivity index (χ3v) is 6.15. The van der Waals surface area contributed by atoms with E-state index in [1.165, 1.54) is 0 Å². The van der Waals surface area contributed by atoms with Gasteiger partial charge >= 0.3 is 0 Å². The molecule has 0 amide bonds. The normalized spacial score (nSPS) is 13.7. The summed E-state index contributed by atoms with van der Waals surface area (Å²) in [6.07, 6.45) is 1.67. The molecule has 5 N–H and O–H groups in total. The van der Waals surface area contributed by atoms with Crippen LogP contribution >= 0.6 is 28.3 Å². The summed E-state index contributed by atoms with van der Waals surface area (Å²) in [5.41, 5.74) is 16.4. The van der Waals surface area contributed by atoms with Crippen LogP contribution in [0.25, 0.3) is 0 Å². The van der Waals surface area contributed by atoms with Gasteiger partial charge in [-0.25, -0.2) is 4.98 Å². The van der Waals surface area contributed by atoms with Crippen LogP contribution in [0.2, 0.25) is 0 Å². The van der Waals surface area contributed by atoms with E-state index in [4.69, 9.17) is 16.3 Å². The fraction of sp³-hybridized carbons (Fsp3) is 0.261. The predicted molar refractivity (Wildman–Crippen MR) is 142 cm³/mol. The van der Waals surface area contributed by atoms with Crippen molar-refractivity contribution in [2.75, 3.05) is 47.4 Å². The molecule has 9 nitrogen and oxygen atoms in total. The van der Waals surface area contributed by atoms with Crippen molar-refractivity contribution in [2.24, 2.45) is 5.16 Å². The summed E-state index contributed by atoms with van der Waals surface area (Å²) in [5, 5.41) is 13.7. The Labute approximate surface area is 213 Å². The molecule has 11 heteroatoms. The van der Waals surface area contributed by atoms with Crippen LogP contribution in [0, 0.1) is 6.92 Å². The highest BCUT2D eigenvalue weighted by atomic mass is 79.9. The highest BCUT2D eigenvalue weighted by molar-refractivity contribution is 9.10. The summed E-state index contributed by atoms with van der Waals surface area (Å²) in [6, 6.07) is 13.5. The third kappa shape index (κ3) is 6.00. The van der Waals surface area contributed by atoms with Crippen LogP contribution in [0.5, 0.6) is 5.75 Å². The number of nitrogens with two attached hydrogens (primary N) is 2. The number of benzene rings is 2.